The van der Waals surface area contributed by atoms with Gasteiger partial charge in [0.25, 0.3) is 0 Å². The Morgan fingerprint density at radius 2 is 1.93 bits per heavy atom. The Hall–Kier alpha value is -2.24. The molecule has 0 aliphatic rings. The van der Waals surface area contributed by atoms with Crippen molar-refractivity contribution in [2.45, 2.75) is 51.4 Å². The quantitative estimate of drug-likeness (QED) is 0.364. The van der Waals surface area contributed by atoms with E-state index in [1.54, 1.807) is 0 Å². The molecule has 2 aromatic rings. The van der Waals surface area contributed by atoms with Gasteiger partial charge in [-0.3, -0.25) is 10.4 Å². The lowest BCUT2D eigenvalue weighted by atomic mass is 10.1. The van der Waals surface area contributed by atoms with Crippen LogP contribution in [-0.4, -0.2) is 41.7 Å². The van der Waals surface area contributed by atoms with Gasteiger partial charge in [0.15, 0.2) is 3.95 Å². The van der Waals surface area contributed by atoms with Crippen LogP contribution in [0.1, 0.15) is 26.3 Å². The van der Waals surface area contributed by atoms with Crippen molar-refractivity contribution < 1.29 is 19.1 Å². The zero-order valence-electron chi connectivity index (χ0n) is 17.0. The Kier molecular flexibility index (Phi) is 7.19. The molecule has 1 aromatic carbocycles. The second-order valence-corrected chi connectivity index (χ2v) is 14.5. The lowest BCUT2D eigenvalue weighted by Crippen LogP contribution is -2.44. The summed E-state index contributed by atoms with van der Waals surface area (Å²) in [5.41, 5.74) is 0.774. The maximum atomic E-state index is 12.0. The number of carboxylic acids is 1. The van der Waals surface area contributed by atoms with E-state index in [1.165, 1.54) is 0 Å². The summed E-state index contributed by atoms with van der Waals surface area (Å²) < 4.78 is 6.64. The third-order valence-corrected chi connectivity index (χ3v) is 10.2. The Morgan fingerprint density at radius 3 is 2.41 bits per heavy atom. The number of amides is 2. The molecule has 2 rings (SSSR count). The first-order valence-corrected chi connectivity index (χ1v) is 13.1. The van der Waals surface area contributed by atoms with Crippen LogP contribution >= 0.6 is 23.6 Å². The number of carbonyl (C=O) groups is 2. The van der Waals surface area contributed by atoms with E-state index in [1.807, 2.05) is 24.3 Å². The second-order valence-electron chi connectivity index (χ2n) is 8.12. The molecule has 4 N–H and O–H groups in total. The first-order chi connectivity index (χ1) is 13.4. The summed E-state index contributed by atoms with van der Waals surface area (Å²) in [4.78, 5) is 23.6. The number of anilines is 1. The SMILES string of the molecule is CC(C)(C)[Si](C)(C)Oc1ccc(C[C@H](NC(=O)Nc2n[nH]c(=S)s2)C(=O)O)cc1. The first kappa shape index (κ1) is 23.0. The van der Waals surface area contributed by atoms with E-state index in [-0.39, 0.29) is 16.6 Å². The molecule has 29 heavy (non-hydrogen) atoms. The smallest absolute Gasteiger partial charge is 0.326 e. The van der Waals surface area contributed by atoms with Crippen molar-refractivity contribution in [1.29, 1.82) is 0 Å². The van der Waals surface area contributed by atoms with Crippen molar-refractivity contribution in [3.8, 4) is 5.75 Å². The van der Waals surface area contributed by atoms with Crippen LogP contribution < -0.4 is 15.1 Å². The second kappa shape index (κ2) is 9.05. The van der Waals surface area contributed by atoms with Crippen molar-refractivity contribution in [1.82, 2.24) is 15.5 Å². The molecule has 0 aliphatic heterocycles. The van der Waals surface area contributed by atoms with Crippen LogP contribution in [0, 0.1) is 3.95 Å². The highest BCUT2D eigenvalue weighted by molar-refractivity contribution is 7.73. The number of rotatable bonds is 7. The normalized spacial score (nSPS) is 12.9. The van der Waals surface area contributed by atoms with E-state index in [0.29, 0.717) is 3.95 Å². The van der Waals surface area contributed by atoms with E-state index in [4.69, 9.17) is 16.6 Å². The van der Waals surface area contributed by atoms with E-state index in [0.717, 1.165) is 22.6 Å². The van der Waals surface area contributed by atoms with Gasteiger partial charge in [0.2, 0.25) is 13.4 Å². The van der Waals surface area contributed by atoms with Crippen LogP contribution in [0.2, 0.25) is 18.1 Å². The summed E-state index contributed by atoms with van der Waals surface area (Å²) in [6.07, 6.45) is 0.138. The molecule has 0 spiro atoms. The zero-order valence-corrected chi connectivity index (χ0v) is 19.7. The topological polar surface area (TPSA) is 116 Å². The maximum Gasteiger partial charge on any atom is 0.326 e. The molecular weight excluding hydrogens is 428 g/mol. The van der Waals surface area contributed by atoms with Crippen molar-refractivity contribution in [3.05, 3.63) is 33.8 Å². The lowest BCUT2D eigenvalue weighted by molar-refractivity contribution is -0.139. The number of hydrogen-bond acceptors (Lipinski definition) is 6. The Morgan fingerprint density at radius 1 is 1.31 bits per heavy atom. The predicted octanol–water partition coefficient (Wildman–Crippen LogP) is 4.40. The third-order valence-electron chi connectivity index (χ3n) is 4.80. The van der Waals surface area contributed by atoms with Gasteiger partial charge in [-0.05, 0) is 48.0 Å². The van der Waals surface area contributed by atoms with Gasteiger partial charge in [-0.15, -0.1) is 5.10 Å². The summed E-state index contributed by atoms with van der Waals surface area (Å²) in [6.45, 7) is 10.8. The number of carboxylic acid groups (broad SMARTS) is 1. The minimum absolute atomic E-state index is 0.0819. The van der Waals surface area contributed by atoms with Crippen LogP contribution in [0.25, 0.3) is 0 Å². The number of carbonyl (C=O) groups excluding carboxylic acids is 1. The van der Waals surface area contributed by atoms with Crippen molar-refractivity contribution in [2.75, 3.05) is 5.32 Å². The molecule has 11 heteroatoms. The number of aromatic amines is 1. The fourth-order valence-corrected chi connectivity index (χ4v) is 3.97. The third kappa shape index (κ3) is 6.65. The summed E-state index contributed by atoms with van der Waals surface area (Å²) in [5.74, 6) is -0.367. The molecule has 0 saturated heterocycles. The number of aromatic nitrogens is 2. The highest BCUT2D eigenvalue weighted by Crippen LogP contribution is 2.37. The summed E-state index contributed by atoms with van der Waals surface area (Å²) in [6, 6.07) is 5.56. The highest BCUT2D eigenvalue weighted by Gasteiger charge is 2.38. The van der Waals surface area contributed by atoms with Crippen LogP contribution in [0.15, 0.2) is 24.3 Å². The fourth-order valence-electron chi connectivity index (χ4n) is 2.15. The number of nitrogens with one attached hydrogen (secondary N) is 3. The van der Waals surface area contributed by atoms with Gasteiger partial charge in [-0.2, -0.15) is 0 Å². The predicted molar refractivity (Wildman–Crippen MR) is 119 cm³/mol. The van der Waals surface area contributed by atoms with Crippen LogP contribution in [0.5, 0.6) is 5.75 Å². The molecule has 0 radical (unpaired) electrons. The van der Waals surface area contributed by atoms with E-state index < -0.39 is 26.4 Å². The molecule has 158 valence electrons. The molecule has 8 nitrogen and oxygen atoms in total. The minimum atomic E-state index is -1.94. The summed E-state index contributed by atoms with van der Waals surface area (Å²) in [7, 11) is -1.94. The highest BCUT2D eigenvalue weighted by atomic mass is 32.1. The van der Waals surface area contributed by atoms with E-state index in [2.05, 4.69) is 54.7 Å². The number of nitrogens with zero attached hydrogens (tertiary/aromatic N) is 1. The fraction of sp³-hybridized carbons (Fsp3) is 0.444. The van der Waals surface area contributed by atoms with Gasteiger partial charge in [-0.25, -0.2) is 9.59 Å². The number of benzene rings is 1. The number of aliphatic carboxylic acids is 1. The molecule has 0 saturated carbocycles. The van der Waals surface area contributed by atoms with Gasteiger partial charge >= 0.3 is 12.0 Å². The lowest BCUT2D eigenvalue weighted by Gasteiger charge is -2.36. The van der Waals surface area contributed by atoms with Gasteiger partial charge in [-0.1, -0.05) is 44.2 Å². The van der Waals surface area contributed by atoms with Crippen LogP contribution in [-0.2, 0) is 11.2 Å². The van der Waals surface area contributed by atoms with Crippen molar-refractivity contribution >= 4 is 49.0 Å². The van der Waals surface area contributed by atoms with Gasteiger partial charge < -0.3 is 14.8 Å². The van der Waals surface area contributed by atoms with E-state index >= 15 is 0 Å². The molecule has 2 amide bonds. The molecule has 1 aromatic heterocycles. The molecule has 0 bridgehead atoms. The van der Waals surface area contributed by atoms with E-state index in [9.17, 15) is 14.7 Å². The van der Waals surface area contributed by atoms with Crippen molar-refractivity contribution in [3.63, 3.8) is 0 Å². The molecule has 1 heterocycles. The minimum Gasteiger partial charge on any atom is -0.544 e. The number of urea groups is 1. The number of hydrogen-bond donors (Lipinski definition) is 4. The molecular formula is C18H26N4O4S2Si. The van der Waals surface area contributed by atoms with Crippen molar-refractivity contribution in [2.24, 2.45) is 0 Å². The molecule has 1 atom stereocenters. The summed E-state index contributed by atoms with van der Waals surface area (Å²) >= 11 is 5.97. The van der Waals surface area contributed by atoms with Gasteiger partial charge in [0, 0.05) is 6.42 Å². The monoisotopic (exact) mass is 454 g/mol. The van der Waals surface area contributed by atoms with Gasteiger partial charge in [0.05, 0.1) is 0 Å². The molecule has 0 fully saturated rings. The Labute approximate surface area is 179 Å². The molecule has 0 unspecified atom stereocenters. The standard InChI is InChI=1S/C18H26N4O4S2Si/c1-18(2,3)29(4,5)26-12-8-6-11(7-9-12)10-13(14(23)24)19-15(25)20-16-21-22-17(27)28-16/h6-9,13H,10H2,1-5H3,(H,22,27)(H,23,24)(H2,19,20,21,25)/t13-/m0/s1. The summed E-state index contributed by atoms with van der Waals surface area (Å²) in [5, 5.41) is 21.0. The average Bonchev–Trinajstić information content (AvgIpc) is 2.99. The maximum absolute atomic E-state index is 12.0. The van der Waals surface area contributed by atoms with Crippen LogP contribution in [0.3, 0.4) is 0 Å². The van der Waals surface area contributed by atoms with Crippen LogP contribution in [0.4, 0.5) is 9.93 Å². The molecule has 0 aliphatic carbocycles. The zero-order chi connectivity index (χ0) is 21.8. The first-order valence-electron chi connectivity index (χ1n) is 9.01. The Bertz CT molecular complexity index is 919. The Balaban J connectivity index is 2.00. The number of H-pyrrole nitrogens is 1. The van der Waals surface area contributed by atoms with Gasteiger partial charge in [0.1, 0.15) is 11.8 Å². The average molecular weight is 455 g/mol. The largest absolute Gasteiger partial charge is 0.544 e.